The van der Waals surface area contributed by atoms with E-state index >= 15 is 4.39 Å². The Morgan fingerprint density at radius 1 is 1.12 bits per heavy atom. The lowest BCUT2D eigenvalue weighted by molar-refractivity contribution is -0.126. The van der Waals surface area contributed by atoms with Crippen LogP contribution in [0.4, 0.5) is 22.4 Å². The molecule has 0 saturated carbocycles. The SMILES string of the molecule is CNC(=O)/C=C/CN(CCOc1ccc(/C(=C(/CC(F)(F)F)B(O)O)c2ccc3c(c2)c(F)nn3C2CCCCO2)cc1)C(=O)OC(C)(C)C. The Balaban J connectivity index is 1.62. The number of nitrogens with one attached hydrogen (secondary N) is 1. The minimum absolute atomic E-state index is 0.00554. The van der Waals surface area contributed by atoms with E-state index in [2.05, 4.69) is 10.4 Å². The van der Waals surface area contributed by atoms with Gasteiger partial charge < -0.3 is 34.5 Å². The molecule has 16 heteroatoms. The predicted octanol–water partition coefficient (Wildman–Crippen LogP) is 5.56. The molecule has 3 N–H and O–H groups in total. The molecule has 1 aliphatic heterocycles. The molecule has 1 atom stereocenters. The Morgan fingerprint density at radius 3 is 2.42 bits per heavy atom. The van der Waals surface area contributed by atoms with Crippen molar-refractivity contribution in [2.24, 2.45) is 0 Å². The number of carbonyl (C=O) groups excluding carboxylic acids is 2. The van der Waals surface area contributed by atoms with Gasteiger partial charge in [0.05, 0.1) is 23.9 Å². The number of likely N-dealkylation sites (N-methyl/N-ethyl adjacent to an activating group) is 1. The minimum atomic E-state index is -4.79. The molecule has 0 radical (unpaired) electrons. The van der Waals surface area contributed by atoms with Gasteiger partial charge in [-0.2, -0.15) is 17.6 Å². The van der Waals surface area contributed by atoms with Gasteiger partial charge in [-0.3, -0.25) is 4.79 Å². The lowest BCUT2D eigenvalue weighted by Crippen LogP contribution is -2.39. The van der Waals surface area contributed by atoms with Gasteiger partial charge >= 0.3 is 19.4 Å². The van der Waals surface area contributed by atoms with Crippen LogP contribution in [0.25, 0.3) is 16.5 Å². The summed E-state index contributed by atoms with van der Waals surface area (Å²) in [5.74, 6) is -0.888. The molecule has 1 unspecified atom stereocenters. The van der Waals surface area contributed by atoms with E-state index < -0.39 is 49.1 Å². The largest absolute Gasteiger partial charge is 0.492 e. The number of aromatic nitrogens is 2. The van der Waals surface area contributed by atoms with E-state index in [0.29, 0.717) is 24.3 Å². The van der Waals surface area contributed by atoms with Gasteiger partial charge in [-0.25, -0.2) is 9.48 Å². The molecule has 270 valence electrons. The molecule has 50 heavy (non-hydrogen) atoms. The molecule has 1 aromatic heterocycles. The Hall–Kier alpha value is -4.41. The quantitative estimate of drug-likeness (QED) is 0.127. The number of fused-ring (bicyclic) bond motifs is 1. The van der Waals surface area contributed by atoms with Crippen molar-refractivity contribution in [3.05, 3.63) is 77.2 Å². The van der Waals surface area contributed by atoms with Crippen molar-refractivity contribution >= 4 is 35.6 Å². The topological polar surface area (TPSA) is 135 Å². The van der Waals surface area contributed by atoms with E-state index in [-0.39, 0.29) is 47.7 Å². The van der Waals surface area contributed by atoms with Gasteiger partial charge in [0.2, 0.25) is 11.9 Å². The van der Waals surface area contributed by atoms with Gasteiger partial charge in [-0.1, -0.05) is 24.3 Å². The second-order valence-corrected chi connectivity index (χ2v) is 12.7. The second-order valence-electron chi connectivity index (χ2n) is 12.7. The number of benzene rings is 2. The van der Waals surface area contributed by atoms with Crippen LogP contribution in [-0.2, 0) is 14.3 Å². The molecule has 11 nitrogen and oxygen atoms in total. The number of halogens is 4. The van der Waals surface area contributed by atoms with Crippen LogP contribution in [0.15, 0.2) is 60.1 Å². The van der Waals surface area contributed by atoms with Gasteiger partial charge in [0.15, 0.2) is 6.23 Å². The van der Waals surface area contributed by atoms with Crippen molar-refractivity contribution in [1.29, 1.82) is 0 Å². The zero-order valence-electron chi connectivity index (χ0n) is 28.3. The minimum Gasteiger partial charge on any atom is -0.492 e. The maximum absolute atomic E-state index is 15.2. The number of hydrogen-bond donors (Lipinski definition) is 3. The lowest BCUT2D eigenvalue weighted by atomic mass is 9.71. The van der Waals surface area contributed by atoms with Crippen molar-refractivity contribution in [3.63, 3.8) is 0 Å². The van der Waals surface area contributed by atoms with E-state index in [1.54, 1.807) is 20.8 Å². The first kappa shape index (κ1) is 38.4. The molecule has 4 rings (SSSR count). The lowest BCUT2D eigenvalue weighted by Gasteiger charge is -2.26. The van der Waals surface area contributed by atoms with Crippen LogP contribution in [0.1, 0.15) is 63.8 Å². The first-order valence-electron chi connectivity index (χ1n) is 16.1. The average molecular weight is 705 g/mol. The van der Waals surface area contributed by atoms with Crippen molar-refractivity contribution in [1.82, 2.24) is 20.0 Å². The third-order valence-electron chi connectivity index (χ3n) is 7.67. The molecule has 0 aliphatic carbocycles. The first-order chi connectivity index (χ1) is 23.6. The molecule has 1 aliphatic rings. The van der Waals surface area contributed by atoms with Crippen LogP contribution in [0, 0.1) is 5.95 Å². The number of hydrogen-bond acceptors (Lipinski definition) is 8. The number of carbonyl (C=O) groups is 2. The molecular formula is C34H41BF4N4O7. The third-order valence-corrected chi connectivity index (χ3v) is 7.67. The fourth-order valence-electron chi connectivity index (χ4n) is 5.40. The van der Waals surface area contributed by atoms with Crippen LogP contribution >= 0.6 is 0 Å². The number of rotatable bonds is 12. The number of ether oxygens (including phenoxy) is 3. The van der Waals surface area contributed by atoms with Crippen molar-refractivity contribution in [2.75, 3.05) is 33.4 Å². The highest BCUT2D eigenvalue weighted by Gasteiger charge is 2.36. The predicted molar refractivity (Wildman–Crippen MR) is 178 cm³/mol. The molecule has 2 aromatic carbocycles. The summed E-state index contributed by atoms with van der Waals surface area (Å²) >= 11 is 0. The summed E-state index contributed by atoms with van der Waals surface area (Å²) in [6.07, 6.45) is -2.40. The van der Waals surface area contributed by atoms with Gasteiger partial charge in [0.25, 0.3) is 0 Å². The Morgan fingerprint density at radius 2 is 1.82 bits per heavy atom. The fraction of sp³-hybridized carbons (Fsp3) is 0.441. The van der Waals surface area contributed by atoms with Crippen LogP contribution in [0.5, 0.6) is 5.75 Å². The Labute approximate surface area is 287 Å². The standard InChI is InChI=1S/C34H41BF4N4O7/c1-33(2,3)50-32(45)42(16-7-8-28(44)40-4)17-19-48-24-13-10-22(11-14-24)30(26(35(46)47)21-34(37,38)39)23-12-15-27-25(20-23)31(36)41-43(27)29-9-5-6-18-49-29/h7-8,10-15,20,29,46-47H,5-6,9,16-19,21H2,1-4H3,(H,40,44)/b8-7+,30-26+. The maximum atomic E-state index is 15.2. The Bertz CT molecular complexity index is 1700. The summed E-state index contributed by atoms with van der Waals surface area (Å²) < 4.78 is 74.7. The number of nitrogens with zero attached hydrogens (tertiary/aromatic N) is 3. The van der Waals surface area contributed by atoms with E-state index in [4.69, 9.17) is 14.2 Å². The molecule has 2 heterocycles. The zero-order valence-corrected chi connectivity index (χ0v) is 28.3. The van der Waals surface area contributed by atoms with Gasteiger partial charge in [0, 0.05) is 26.3 Å². The molecule has 0 spiro atoms. The smallest absolute Gasteiger partial charge is 0.485 e. The maximum Gasteiger partial charge on any atom is 0.485 e. The molecule has 0 bridgehead atoms. The van der Waals surface area contributed by atoms with Crippen molar-refractivity contribution in [2.45, 2.75) is 64.5 Å². The van der Waals surface area contributed by atoms with Crippen LogP contribution in [-0.4, -0.2) is 89.0 Å². The normalized spacial score (nSPS) is 15.9. The number of amides is 2. The van der Waals surface area contributed by atoms with Gasteiger partial charge in [-0.15, -0.1) is 5.10 Å². The molecule has 2 amide bonds. The van der Waals surface area contributed by atoms with E-state index in [1.807, 2.05) is 0 Å². The summed E-state index contributed by atoms with van der Waals surface area (Å²) in [5, 5.41) is 26.8. The zero-order chi connectivity index (χ0) is 36.6. The van der Waals surface area contributed by atoms with E-state index in [1.165, 1.54) is 71.2 Å². The first-order valence-corrected chi connectivity index (χ1v) is 16.1. The van der Waals surface area contributed by atoms with Crippen molar-refractivity contribution in [3.8, 4) is 5.75 Å². The van der Waals surface area contributed by atoms with Crippen LogP contribution < -0.4 is 10.1 Å². The average Bonchev–Trinajstić information content (AvgIpc) is 3.38. The number of alkyl halides is 3. The Kier molecular flexibility index (Phi) is 12.7. The highest BCUT2D eigenvalue weighted by Crippen LogP contribution is 2.37. The summed E-state index contributed by atoms with van der Waals surface area (Å²) in [5.41, 5.74) is -0.970. The fourth-order valence-corrected chi connectivity index (χ4v) is 5.40. The van der Waals surface area contributed by atoms with Crippen molar-refractivity contribution < 1.29 is 51.4 Å². The summed E-state index contributed by atoms with van der Waals surface area (Å²) in [7, 11) is -1.00. The molecule has 1 fully saturated rings. The van der Waals surface area contributed by atoms with Gasteiger partial charge in [-0.05, 0) is 86.5 Å². The highest BCUT2D eigenvalue weighted by atomic mass is 19.4. The van der Waals surface area contributed by atoms with Crippen LogP contribution in [0.3, 0.4) is 0 Å². The monoisotopic (exact) mass is 704 g/mol. The second kappa shape index (κ2) is 16.5. The molecule has 3 aromatic rings. The summed E-state index contributed by atoms with van der Waals surface area (Å²) in [6.45, 7) is 5.76. The summed E-state index contributed by atoms with van der Waals surface area (Å²) in [6, 6.07) is 10.2. The highest BCUT2D eigenvalue weighted by molar-refractivity contribution is 6.53. The molecule has 1 saturated heterocycles. The van der Waals surface area contributed by atoms with E-state index in [0.717, 1.165) is 12.8 Å². The van der Waals surface area contributed by atoms with Gasteiger partial charge in [0.1, 0.15) is 18.0 Å². The van der Waals surface area contributed by atoms with E-state index in [9.17, 15) is 32.8 Å². The molecular weight excluding hydrogens is 663 g/mol. The number of allylic oxidation sites excluding steroid dienone is 1. The summed E-state index contributed by atoms with van der Waals surface area (Å²) in [4.78, 5) is 25.7. The third kappa shape index (κ3) is 10.5. The van der Waals surface area contributed by atoms with Crippen LogP contribution in [0.2, 0.25) is 0 Å².